The molecule has 0 unspecified atom stereocenters. The van der Waals surface area contributed by atoms with E-state index < -0.39 is 5.41 Å². The van der Waals surface area contributed by atoms with Gasteiger partial charge in [0.15, 0.2) is 0 Å². The predicted molar refractivity (Wildman–Crippen MR) is 236 cm³/mol. The standard InChI is InChI=1S/C55H35NO/c1-2-14-37(15-3-1)41-16-7-12-24-52(41)56(39-29-26-36(27-30-39)38-28-33-54-47(34-38)46-20-8-13-25-53(46)57-54)40-31-32-45-44-19-6-11-23-50(44)55(51(45)35-40)48-21-9-4-17-42(48)43-18-5-10-22-49(43)55/h1-35H. The molecule has 0 saturated carbocycles. The van der Waals surface area contributed by atoms with E-state index in [1.54, 1.807) is 0 Å². The number of anilines is 3. The van der Waals surface area contributed by atoms with Crippen LogP contribution in [0.2, 0.25) is 0 Å². The van der Waals surface area contributed by atoms with Gasteiger partial charge in [-0.25, -0.2) is 0 Å². The van der Waals surface area contributed by atoms with E-state index in [1.165, 1.54) is 55.6 Å². The quantitative estimate of drug-likeness (QED) is 0.176. The number of benzene rings is 9. The van der Waals surface area contributed by atoms with Crippen LogP contribution in [0.1, 0.15) is 22.3 Å². The molecule has 0 amide bonds. The summed E-state index contributed by atoms with van der Waals surface area (Å²) in [7, 11) is 0. The van der Waals surface area contributed by atoms with Crippen LogP contribution in [0.15, 0.2) is 217 Å². The molecule has 57 heavy (non-hydrogen) atoms. The minimum absolute atomic E-state index is 0.431. The summed E-state index contributed by atoms with van der Waals surface area (Å²) in [5.74, 6) is 0. The highest BCUT2D eigenvalue weighted by atomic mass is 16.3. The van der Waals surface area contributed by atoms with Gasteiger partial charge in [0.2, 0.25) is 0 Å². The Kier molecular flexibility index (Phi) is 6.88. The molecule has 0 saturated heterocycles. The van der Waals surface area contributed by atoms with Crippen molar-refractivity contribution in [3.63, 3.8) is 0 Å². The van der Waals surface area contributed by atoms with E-state index in [-0.39, 0.29) is 0 Å². The van der Waals surface area contributed by atoms with E-state index in [0.717, 1.165) is 50.1 Å². The highest BCUT2D eigenvalue weighted by molar-refractivity contribution is 6.06. The predicted octanol–water partition coefficient (Wildman–Crippen LogP) is 14.7. The molecule has 1 heterocycles. The lowest BCUT2D eigenvalue weighted by Gasteiger charge is -2.32. The molecule has 0 fully saturated rings. The largest absolute Gasteiger partial charge is 0.456 e. The fourth-order valence-electron chi connectivity index (χ4n) is 9.89. The molecule has 12 rings (SSSR count). The highest BCUT2D eigenvalue weighted by Crippen LogP contribution is 2.63. The van der Waals surface area contributed by atoms with Crippen LogP contribution in [0, 0.1) is 0 Å². The minimum atomic E-state index is -0.431. The molecule has 0 radical (unpaired) electrons. The number of furan rings is 1. The molecule has 2 aliphatic rings. The van der Waals surface area contributed by atoms with Gasteiger partial charge in [0.1, 0.15) is 11.2 Å². The lowest BCUT2D eigenvalue weighted by molar-refractivity contribution is 0.669. The highest BCUT2D eigenvalue weighted by Gasteiger charge is 2.51. The van der Waals surface area contributed by atoms with Crippen molar-refractivity contribution in [3.8, 4) is 44.5 Å². The maximum absolute atomic E-state index is 6.16. The van der Waals surface area contributed by atoms with E-state index in [9.17, 15) is 0 Å². The Hall–Kier alpha value is -7.42. The van der Waals surface area contributed by atoms with Gasteiger partial charge in [-0.3, -0.25) is 0 Å². The first-order chi connectivity index (χ1) is 28.3. The number of nitrogens with zero attached hydrogens (tertiary/aromatic N) is 1. The Morgan fingerprint density at radius 3 is 1.54 bits per heavy atom. The summed E-state index contributed by atoms with van der Waals surface area (Å²) in [5, 5.41) is 2.27. The third-order valence-corrected chi connectivity index (χ3v) is 12.3. The van der Waals surface area contributed by atoms with Gasteiger partial charge in [0.25, 0.3) is 0 Å². The van der Waals surface area contributed by atoms with E-state index in [2.05, 4.69) is 205 Å². The fourth-order valence-corrected chi connectivity index (χ4v) is 9.89. The van der Waals surface area contributed by atoms with Crippen molar-refractivity contribution < 1.29 is 4.42 Å². The van der Waals surface area contributed by atoms with Crippen LogP contribution in [0.5, 0.6) is 0 Å². The number of hydrogen-bond donors (Lipinski definition) is 0. The van der Waals surface area contributed by atoms with Gasteiger partial charge >= 0.3 is 0 Å². The molecule has 1 aromatic heterocycles. The van der Waals surface area contributed by atoms with Crippen LogP contribution >= 0.6 is 0 Å². The van der Waals surface area contributed by atoms with Crippen LogP contribution in [0.3, 0.4) is 0 Å². The van der Waals surface area contributed by atoms with Crippen LogP contribution < -0.4 is 4.90 Å². The second-order valence-electron chi connectivity index (χ2n) is 15.2. The number of hydrogen-bond acceptors (Lipinski definition) is 2. The topological polar surface area (TPSA) is 16.4 Å². The van der Waals surface area contributed by atoms with Gasteiger partial charge in [-0.1, -0.05) is 164 Å². The zero-order valence-electron chi connectivity index (χ0n) is 31.1. The lowest BCUT2D eigenvalue weighted by atomic mass is 9.70. The van der Waals surface area contributed by atoms with E-state index in [1.807, 2.05) is 12.1 Å². The summed E-state index contributed by atoms with van der Waals surface area (Å²) in [6.45, 7) is 0. The van der Waals surface area contributed by atoms with Crippen molar-refractivity contribution >= 4 is 39.0 Å². The number of para-hydroxylation sites is 2. The Labute approximate surface area is 331 Å². The zero-order chi connectivity index (χ0) is 37.5. The first-order valence-electron chi connectivity index (χ1n) is 19.7. The minimum Gasteiger partial charge on any atom is -0.456 e. The molecule has 266 valence electrons. The molecule has 10 aromatic rings. The van der Waals surface area contributed by atoms with Crippen LogP contribution in [0.25, 0.3) is 66.4 Å². The average molecular weight is 726 g/mol. The average Bonchev–Trinajstić information content (AvgIpc) is 3.91. The molecule has 0 atom stereocenters. The van der Waals surface area contributed by atoms with E-state index in [0.29, 0.717) is 0 Å². The number of rotatable bonds is 5. The molecule has 0 N–H and O–H groups in total. The maximum atomic E-state index is 6.16. The Balaban J connectivity index is 1.07. The summed E-state index contributed by atoms with van der Waals surface area (Å²) >= 11 is 0. The number of fused-ring (bicyclic) bond motifs is 13. The fraction of sp³-hybridized carbons (Fsp3) is 0.0182. The summed E-state index contributed by atoms with van der Waals surface area (Å²) in [4.78, 5) is 2.45. The SMILES string of the molecule is c1ccc(-c2ccccc2N(c2ccc(-c3ccc4oc5ccccc5c4c3)cc2)c2ccc3c(c2)C2(c4ccccc4-c4ccccc42)c2ccccc2-3)cc1. The first kappa shape index (κ1) is 31.9. The van der Waals surface area contributed by atoms with Crippen LogP contribution in [-0.2, 0) is 5.41 Å². The Bertz CT molecular complexity index is 3130. The van der Waals surface area contributed by atoms with E-state index >= 15 is 0 Å². The second kappa shape index (κ2) is 12.3. The molecule has 0 aliphatic heterocycles. The first-order valence-corrected chi connectivity index (χ1v) is 19.7. The van der Waals surface area contributed by atoms with Crippen LogP contribution in [0.4, 0.5) is 17.1 Å². The van der Waals surface area contributed by atoms with Crippen molar-refractivity contribution in [2.45, 2.75) is 5.41 Å². The van der Waals surface area contributed by atoms with Crippen molar-refractivity contribution in [2.24, 2.45) is 0 Å². The molecular formula is C55H35NO. The van der Waals surface area contributed by atoms with Crippen molar-refractivity contribution in [2.75, 3.05) is 4.90 Å². The molecule has 1 spiro atoms. The van der Waals surface area contributed by atoms with Gasteiger partial charge < -0.3 is 9.32 Å². The molecule has 2 nitrogen and oxygen atoms in total. The Morgan fingerprint density at radius 1 is 0.316 bits per heavy atom. The Morgan fingerprint density at radius 2 is 0.842 bits per heavy atom. The molecule has 2 heteroatoms. The molecule has 0 bridgehead atoms. The second-order valence-corrected chi connectivity index (χ2v) is 15.2. The smallest absolute Gasteiger partial charge is 0.135 e. The summed E-state index contributed by atoms with van der Waals surface area (Å²) in [5.41, 5.74) is 20.0. The van der Waals surface area contributed by atoms with Gasteiger partial charge in [-0.05, 0) is 110 Å². The van der Waals surface area contributed by atoms with Gasteiger partial charge in [-0.2, -0.15) is 0 Å². The van der Waals surface area contributed by atoms with Crippen molar-refractivity contribution in [1.82, 2.24) is 0 Å². The summed E-state index contributed by atoms with van der Waals surface area (Å²) in [6.07, 6.45) is 0. The van der Waals surface area contributed by atoms with Gasteiger partial charge in [0, 0.05) is 27.7 Å². The van der Waals surface area contributed by atoms with Crippen molar-refractivity contribution in [3.05, 3.63) is 235 Å². The summed E-state index contributed by atoms with van der Waals surface area (Å²) in [6, 6.07) is 77.6. The molecule has 9 aromatic carbocycles. The van der Waals surface area contributed by atoms with Gasteiger partial charge in [0.05, 0.1) is 11.1 Å². The lowest BCUT2D eigenvalue weighted by Crippen LogP contribution is -2.26. The van der Waals surface area contributed by atoms with Gasteiger partial charge in [-0.15, -0.1) is 0 Å². The monoisotopic (exact) mass is 725 g/mol. The normalized spacial score (nSPS) is 13.1. The third kappa shape index (κ3) is 4.59. The van der Waals surface area contributed by atoms with E-state index in [4.69, 9.17) is 4.42 Å². The maximum Gasteiger partial charge on any atom is 0.135 e. The molecular weight excluding hydrogens is 691 g/mol. The zero-order valence-corrected chi connectivity index (χ0v) is 31.1. The third-order valence-electron chi connectivity index (χ3n) is 12.3. The van der Waals surface area contributed by atoms with Crippen LogP contribution in [-0.4, -0.2) is 0 Å². The molecule has 2 aliphatic carbocycles. The summed E-state index contributed by atoms with van der Waals surface area (Å²) < 4.78 is 6.16. The van der Waals surface area contributed by atoms with Crippen molar-refractivity contribution in [1.29, 1.82) is 0 Å².